The van der Waals surface area contributed by atoms with Gasteiger partial charge in [-0.1, -0.05) is 17.7 Å². The first-order valence-corrected chi connectivity index (χ1v) is 5.17. The number of carbonyl (C=O) groups excluding carboxylic acids is 1. The van der Waals surface area contributed by atoms with Crippen molar-refractivity contribution < 1.29 is 18.0 Å². The van der Waals surface area contributed by atoms with Crippen molar-refractivity contribution in [1.82, 2.24) is 9.55 Å². The van der Waals surface area contributed by atoms with Crippen LogP contribution >= 0.6 is 11.6 Å². The Morgan fingerprint density at radius 2 is 2.06 bits per heavy atom. The SMILES string of the molecule is O=Cc1ncn(-c2cccc(C(F)(F)F)c2)c1Cl. The van der Waals surface area contributed by atoms with E-state index >= 15 is 0 Å². The fourth-order valence-electron chi connectivity index (χ4n) is 1.44. The van der Waals surface area contributed by atoms with Crippen molar-refractivity contribution in [2.75, 3.05) is 0 Å². The van der Waals surface area contributed by atoms with E-state index in [4.69, 9.17) is 11.6 Å². The van der Waals surface area contributed by atoms with E-state index in [1.165, 1.54) is 23.0 Å². The number of nitrogens with zero attached hydrogens (tertiary/aromatic N) is 2. The number of hydrogen-bond donors (Lipinski definition) is 0. The van der Waals surface area contributed by atoms with E-state index < -0.39 is 11.7 Å². The number of halogens is 4. The molecule has 1 aromatic carbocycles. The van der Waals surface area contributed by atoms with Crippen LogP contribution in [0.5, 0.6) is 0 Å². The molecule has 0 aliphatic rings. The molecule has 0 amide bonds. The minimum atomic E-state index is -4.43. The molecule has 0 aliphatic carbocycles. The van der Waals surface area contributed by atoms with Crippen molar-refractivity contribution in [3.05, 3.63) is 47.0 Å². The normalized spacial score (nSPS) is 11.6. The Kier molecular flexibility index (Phi) is 3.13. The third-order valence-corrected chi connectivity index (χ3v) is 2.67. The van der Waals surface area contributed by atoms with E-state index in [0.717, 1.165) is 12.1 Å². The third kappa shape index (κ3) is 2.24. The molecule has 0 saturated heterocycles. The van der Waals surface area contributed by atoms with E-state index in [9.17, 15) is 18.0 Å². The van der Waals surface area contributed by atoms with Crippen molar-refractivity contribution in [2.45, 2.75) is 6.18 Å². The Balaban J connectivity index is 2.51. The highest BCUT2D eigenvalue weighted by atomic mass is 35.5. The van der Waals surface area contributed by atoms with Crippen molar-refractivity contribution in [3.63, 3.8) is 0 Å². The third-order valence-electron chi connectivity index (χ3n) is 2.30. The van der Waals surface area contributed by atoms with E-state index in [-0.39, 0.29) is 16.5 Å². The van der Waals surface area contributed by atoms with Crippen LogP contribution in [0.25, 0.3) is 5.69 Å². The molecule has 0 atom stereocenters. The molecular weight excluding hydrogens is 269 g/mol. The number of aromatic nitrogens is 2. The summed E-state index contributed by atoms with van der Waals surface area (Å²) in [5.74, 6) is 0. The molecule has 1 heterocycles. The van der Waals surface area contributed by atoms with Crippen molar-refractivity contribution in [2.24, 2.45) is 0 Å². The van der Waals surface area contributed by atoms with Gasteiger partial charge in [0, 0.05) is 5.69 Å². The second-order valence-electron chi connectivity index (χ2n) is 3.46. The zero-order valence-corrected chi connectivity index (χ0v) is 9.53. The molecular formula is C11H6ClF3N2O. The molecule has 0 unspecified atom stereocenters. The second-order valence-corrected chi connectivity index (χ2v) is 3.81. The number of benzene rings is 1. The minimum absolute atomic E-state index is 0.0194. The molecule has 0 N–H and O–H groups in total. The summed E-state index contributed by atoms with van der Waals surface area (Å²) in [7, 11) is 0. The van der Waals surface area contributed by atoms with Gasteiger partial charge in [-0.25, -0.2) is 4.98 Å². The number of imidazole rings is 1. The van der Waals surface area contributed by atoms with Gasteiger partial charge in [0.15, 0.2) is 6.29 Å². The molecule has 18 heavy (non-hydrogen) atoms. The monoisotopic (exact) mass is 274 g/mol. The van der Waals surface area contributed by atoms with Gasteiger partial charge >= 0.3 is 6.18 Å². The summed E-state index contributed by atoms with van der Waals surface area (Å²) in [6, 6.07) is 4.59. The zero-order valence-electron chi connectivity index (χ0n) is 8.78. The Morgan fingerprint density at radius 3 is 2.61 bits per heavy atom. The molecule has 0 saturated carbocycles. The molecule has 2 rings (SSSR count). The first-order chi connectivity index (χ1) is 8.43. The summed E-state index contributed by atoms with van der Waals surface area (Å²) in [6.07, 6.45) is -2.80. The van der Waals surface area contributed by atoms with Crippen LogP contribution in [0, 0.1) is 0 Å². The van der Waals surface area contributed by atoms with Crippen molar-refractivity contribution >= 4 is 17.9 Å². The molecule has 2 aromatic rings. The molecule has 0 bridgehead atoms. The summed E-state index contributed by atoms with van der Waals surface area (Å²) in [6.45, 7) is 0. The lowest BCUT2D eigenvalue weighted by Gasteiger charge is -2.09. The predicted molar refractivity (Wildman–Crippen MR) is 59.0 cm³/mol. The predicted octanol–water partition coefficient (Wildman–Crippen LogP) is 3.36. The Hall–Kier alpha value is -1.82. The number of aldehydes is 1. The Bertz CT molecular complexity index is 592. The standard InChI is InChI=1S/C11H6ClF3N2O/c12-10-9(5-18)16-6-17(10)8-3-1-2-7(4-8)11(13,14)15/h1-6H. The number of carbonyl (C=O) groups is 1. The van der Waals surface area contributed by atoms with E-state index in [1.807, 2.05) is 0 Å². The summed E-state index contributed by atoms with van der Waals surface area (Å²) in [4.78, 5) is 14.2. The van der Waals surface area contributed by atoms with Crippen LogP contribution in [0.3, 0.4) is 0 Å². The van der Waals surface area contributed by atoms with Crippen LogP contribution in [0.2, 0.25) is 5.15 Å². The topological polar surface area (TPSA) is 34.9 Å². The molecule has 1 aromatic heterocycles. The lowest BCUT2D eigenvalue weighted by atomic mass is 10.2. The first kappa shape index (κ1) is 12.6. The quantitative estimate of drug-likeness (QED) is 0.787. The Morgan fingerprint density at radius 1 is 1.33 bits per heavy atom. The number of hydrogen-bond acceptors (Lipinski definition) is 2. The highest BCUT2D eigenvalue weighted by Gasteiger charge is 2.30. The van der Waals surface area contributed by atoms with Gasteiger partial charge in [0.25, 0.3) is 0 Å². The van der Waals surface area contributed by atoms with Crippen LogP contribution in [0.4, 0.5) is 13.2 Å². The van der Waals surface area contributed by atoms with Gasteiger partial charge in [-0.15, -0.1) is 0 Å². The van der Waals surface area contributed by atoms with Gasteiger partial charge in [-0.05, 0) is 18.2 Å². The van der Waals surface area contributed by atoms with E-state index in [2.05, 4.69) is 4.98 Å². The molecule has 94 valence electrons. The second kappa shape index (κ2) is 4.45. The fourth-order valence-corrected chi connectivity index (χ4v) is 1.67. The molecule has 0 fully saturated rings. The Labute approximate surface area is 105 Å². The van der Waals surface area contributed by atoms with Crippen molar-refractivity contribution in [1.29, 1.82) is 0 Å². The summed E-state index contributed by atoms with van der Waals surface area (Å²) in [5, 5.41) is -0.0238. The smallest absolute Gasteiger partial charge is 0.296 e. The highest BCUT2D eigenvalue weighted by Crippen LogP contribution is 2.31. The first-order valence-electron chi connectivity index (χ1n) is 4.79. The summed E-state index contributed by atoms with van der Waals surface area (Å²) < 4.78 is 38.8. The lowest BCUT2D eigenvalue weighted by Crippen LogP contribution is -2.05. The summed E-state index contributed by atoms with van der Waals surface area (Å²) >= 11 is 5.81. The maximum atomic E-state index is 12.5. The van der Waals surface area contributed by atoms with E-state index in [0.29, 0.717) is 6.29 Å². The van der Waals surface area contributed by atoms with Gasteiger partial charge in [0.2, 0.25) is 0 Å². The van der Waals surface area contributed by atoms with Gasteiger partial charge in [0.05, 0.1) is 5.56 Å². The van der Waals surface area contributed by atoms with Gasteiger partial charge < -0.3 is 0 Å². The highest BCUT2D eigenvalue weighted by molar-refractivity contribution is 6.31. The largest absolute Gasteiger partial charge is 0.416 e. The average Bonchev–Trinajstić information content (AvgIpc) is 2.69. The van der Waals surface area contributed by atoms with Gasteiger partial charge in [0.1, 0.15) is 17.2 Å². The fraction of sp³-hybridized carbons (Fsp3) is 0.0909. The lowest BCUT2D eigenvalue weighted by molar-refractivity contribution is -0.137. The van der Waals surface area contributed by atoms with Crippen LogP contribution in [0.1, 0.15) is 16.1 Å². The summed E-state index contributed by atoms with van der Waals surface area (Å²) in [5.41, 5.74) is -0.623. The number of alkyl halides is 3. The van der Waals surface area contributed by atoms with Crippen LogP contribution < -0.4 is 0 Å². The maximum absolute atomic E-state index is 12.5. The number of rotatable bonds is 2. The van der Waals surface area contributed by atoms with E-state index in [1.54, 1.807) is 0 Å². The van der Waals surface area contributed by atoms with Gasteiger partial charge in [-0.2, -0.15) is 13.2 Å². The molecule has 0 spiro atoms. The zero-order chi connectivity index (χ0) is 13.3. The van der Waals surface area contributed by atoms with Crippen molar-refractivity contribution in [3.8, 4) is 5.69 Å². The molecule has 0 aliphatic heterocycles. The van der Waals surface area contributed by atoms with Crippen LogP contribution in [-0.4, -0.2) is 15.8 Å². The molecule has 0 radical (unpaired) electrons. The van der Waals surface area contributed by atoms with Crippen LogP contribution in [-0.2, 0) is 6.18 Å². The minimum Gasteiger partial charge on any atom is -0.296 e. The molecule has 3 nitrogen and oxygen atoms in total. The molecule has 7 heteroatoms. The van der Waals surface area contributed by atoms with Gasteiger partial charge in [-0.3, -0.25) is 9.36 Å². The average molecular weight is 275 g/mol. The maximum Gasteiger partial charge on any atom is 0.416 e. The van der Waals surface area contributed by atoms with Crippen LogP contribution in [0.15, 0.2) is 30.6 Å².